The van der Waals surface area contributed by atoms with Gasteiger partial charge in [0.1, 0.15) is 5.60 Å². The first-order chi connectivity index (χ1) is 9.83. The number of rotatable bonds is 5. The Bertz CT molecular complexity index is 495. The van der Waals surface area contributed by atoms with Gasteiger partial charge < -0.3 is 20.7 Å². The molecule has 0 unspecified atom stereocenters. The summed E-state index contributed by atoms with van der Waals surface area (Å²) in [4.78, 5) is 23.4. The van der Waals surface area contributed by atoms with Gasteiger partial charge in [-0.15, -0.1) is 0 Å². The van der Waals surface area contributed by atoms with Gasteiger partial charge in [-0.1, -0.05) is 12.1 Å². The largest absolute Gasteiger partial charge is 0.444 e. The number of amides is 2. The highest BCUT2D eigenvalue weighted by molar-refractivity contribution is 5.99. The molecular formula is C15H23N3O3. The minimum absolute atomic E-state index is 0.189. The van der Waals surface area contributed by atoms with Crippen LogP contribution in [0.25, 0.3) is 0 Å². The Kier molecular flexibility index (Phi) is 6.02. The third-order valence-electron chi connectivity index (χ3n) is 2.52. The summed E-state index contributed by atoms with van der Waals surface area (Å²) in [7, 11) is 1.76. The second kappa shape index (κ2) is 7.52. The third kappa shape index (κ3) is 6.16. The first kappa shape index (κ1) is 16.8. The van der Waals surface area contributed by atoms with E-state index in [1.807, 2.05) is 12.1 Å². The van der Waals surface area contributed by atoms with Crippen molar-refractivity contribution in [3.8, 4) is 0 Å². The molecule has 2 amide bonds. The molecule has 0 saturated heterocycles. The Hall–Kier alpha value is -2.24. The summed E-state index contributed by atoms with van der Waals surface area (Å²) in [6, 6.07) is 7.22. The van der Waals surface area contributed by atoms with Gasteiger partial charge in [-0.2, -0.15) is 0 Å². The monoisotopic (exact) mass is 293 g/mol. The number of hydrogen-bond donors (Lipinski definition) is 3. The van der Waals surface area contributed by atoms with Crippen molar-refractivity contribution in [2.45, 2.75) is 26.4 Å². The molecule has 0 aliphatic heterocycles. The summed E-state index contributed by atoms with van der Waals surface area (Å²) < 4.78 is 5.09. The number of anilines is 1. The summed E-state index contributed by atoms with van der Waals surface area (Å²) in [5, 5.41) is 8.29. The second-order valence-electron chi connectivity index (χ2n) is 5.48. The SMILES string of the molecule is CNc1ccccc1C(=O)NCCNC(=O)OC(C)(C)C. The molecule has 0 radical (unpaired) electrons. The Morgan fingerprint density at radius 3 is 2.33 bits per heavy atom. The quantitative estimate of drug-likeness (QED) is 0.725. The zero-order valence-electron chi connectivity index (χ0n) is 12.9. The zero-order chi connectivity index (χ0) is 15.9. The standard InChI is InChI=1S/C15H23N3O3/c1-15(2,3)21-14(20)18-10-9-17-13(19)11-7-5-6-8-12(11)16-4/h5-8,16H,9-10H2,1-4H3,(H,17,19)(H,18,20). The summed E-state index contributed by atoms with van der Waals surface area (Å²) in [6.45, 7) is 6.02. The van der Waals surface area contributed by atoms with E-state index in [2.05, 4.69) is 16.0 Å². The first-order valence-electron chi connectivity index (χ1n) is 6.85. The van der Waals surface area contributed by atoms with Crippen molar-refractivity contribution in [3.05, 3.63) is 29.8 Å². The van der Waals surface area contributed by atoms with Crippen molar-refractivity contribution in [1.29, 1.82) is 0 Å². The Morgan fingerprint density at radius 2 is 1.71 bits per heavy atom. The van der Waals surface area contributed by atoms with Crippen LogP contribution in [0.2, 0.25) is 0 Å². The van der Waals surface area contributed by atoms with E-state index in [0.29, 0.717) is 18.7 Å². The van der Waals surface area contributed by atoms with Gasteiger partial charge in [0.25, 0.3) is 5.91 Å². The number of alkyl carbamates (subject to hydrolysis) is 1. The first-order valence-corrected chi connectivity index (χ1v) is 6.85. The highest BCUT2D eigenvalue weighted by atomic mass is 16.6. The summed E-state index contributed by atoms with van der Waals surface area (Å²) in [6.07, 6.45) is -0.493. The number of hydrogen-bond acceptors (Lipinski definition) is 4. The van der Waals surface area contributed by atoms with Gasteiger partial charge in [0, 0.05) is 25.8 Å². The van der Waals surface area contributed by atoms with E-state index >= 15 is 0 Å². The fraction of sp³-hybridized carbons (Fsp3) is 0.467. The van der Waals surface area contributed by atoms with Crippen molar-refractivity contribution in [2.24, 2.45) is 0 Å². The molecule has 3 N–H and O–H groups in total. The molecule has 116 valence electrons. The number of ether oxygens (including phenoxy) is 1. The van der Waals surface area contributed by atoms with Crippen LogP contribution in [-0.2, 0) is 4.74 Å². The molecule has 0 aromatic heterocycles. The molecule has 0 aliphatic carbocycles. The Morgan fingerprint density at radius 1 is 1.10 bits per heavy atom. The lowest BCUT2D eigenvalue weighted by molar-refractivity contribution is 0.0526. The van der Waals surface area contributed by atoms with E-state index in [1.165, 1.54) is 0 Å². The van der Waals surface area contributed by atoms with Crippen LogP contribution < -0.4 is 16.0 Å². The van der Waals surface area contributed by atoms with E-state index in [9.17, 15) is 9.59 Å². The lowest BCUT2D eigenvalue weighted by Gasteiger charge is -2.19. The van der Waals surface area contributed by atoms with Crippen LogP contribution in [0.1, 0.15) is 31.1 Å². The molecule has 0 spiro atoms. The van der Waals surface area contributed by atoms with Crippen molar-refractivity contribution in [1.82, 2.24) is 10.6 Å². The molecule has 6 heteroatoms. The van der Waals surface area contributed by atoms with Crippen LogP contribution in [0.3, 0.4) is 0 Å². The molecule has 0 aliphatic rings. The zero-order valence-corrected chi connectivity index (χ0v) is 12.9. The third-order valence-corrected chi connectivity index (χ3v) is 2.52. The van der Waals surface area contributed by atoms with Gasteiger partial charge in [0.05, 0.1) is 5.56 Å². The summed E-state index contributed by atoms with van der Waals surface area (Å²) >= 11 is 0. The summed E-state index contributed by atoms with van der Waals surface area (Å²) in [5.41, 5.74) is 0.798. The molecule has 1 rings (SSSR count). The molecule has 0 atom stereocenters. The van der Waals surface area contributed by atoms with E-state index in [1.54, 1.807) is 40.0 Å². The highest BCUT2D eigenvalue weighted by Gasteiger charge is 2.15. The van der Waals surface area contributed by atoms with Crippen LogP contribution in [0, 0.1) is 0 Å². The Balaban J connectivity index is 2.36. The van der Waals surface area contributed by atoms with E-state index in [0.717, 1.165) is 5.69 Å². The number of carbonyl (C=O) groups excluding carboxylic acids is 2. The number of carbonyl (C=O) groups is 2. The number of benzene rings is 1. The molecule has 0 heterocycles. The lowest BCUT2D eigenvalue weighted by atomic mass is 10.1. The van der Waals surface area contributed by atoms with Crippen LogP contribution in [0.15, 0.2) is 24.3 Å². The number of nitrogens with one attached hydrogen (secondary N) is 3. The average Bonchev–Trinajstić information content (AvgIpc) is 2.41. The normalized spacial score (nSPS) is 10.7. The maximum Gasteiger partial charge on any atom is 0.407 e. The topological polar surface area (TPSA) is 79.5 Å². The minimum Gasteiger partial charge on any atom is -0.444 e. The molecule has 1 aromatic carbocycles. The molecule has 0 bridgehead atoms. The van der Waals surface area contributed by atoms with E-state index in [4.69, 9.17) is 4.74 Å². The summed E-state index contributed by atoms with van der Waals surface area (Å²) in [5.74, 6) is -0.189. The minimum atomic E-state index is -0.529. The van der Waals surface area contributed by atoms with Gasteiger partial charge in [0.2, 0.25) is 0 Å². The van der Waals surface area contributed by atoms with E-state index < -0.39 is 11.7 Å². The molecule has 1 aromatic rings. The predicted molar refractivity (Wildman–Crippen MR) is 82.6 cm³/mol. The average molecular weight is 293 g/mol. The van der Waals surface area contributed by atoms with Crippen LogP contribution in [0.4, 0.5) is 10.5 Å². The van der Waals surface area contributed by atoms with Gasteiger partial charge >= 0.3 is 6.09 Å². The lowest BCUT2D eigenvalue weighted by Crippen LogP contribution is -2.38. The Labute approximate surface area is 125 Å². The van der Waals surface area contributed by atoms with Gasteiger partial charge in [-0.25, -0.2) is 4.79 Å². The van der Waals surface area contributed by atoms with E-state index in [-0.39, 0.29) is 5.91 Å². The maximum absolute atomic E-state index is 12.0. The van der Waals surface area contributed by atoms with Gasteiger partial charge in [-0.05, 0) is 32.9 Å². The van der Waals surface area contributed by atoms with Crippen LogP contribution >= 0.6 is 0 Å². The van der Waals surface area contributed by atoms with Crippen molar-refractivity contribution >= 4 is 17.7 Å². The fourth-order valence-electron chi connectivity index (χ4n) is 1.65. The highest BCUT2D eigenvalue weighted by Crippen LogP contribution is 2.13. The molecule has 0 fully saturated rings. The molecule has 0 saturated carbocycles. The van der Waals surface area contributed by atoms with Gasteiger partial charge in [-0.3, -0.25) is 4.79 Å². The molecular weight excluding hydrogens is 270 g/mol. The van der Waals surface area contributed by atoms with Crippen LogP contribution in [0.5, 0.6) is 0 Å². The van der Waals surface area contributed by atoms with Gasteiger partial charge in [0.15, 0.2) is 0 Å². The van der Waals surface area contributed by atoms with Crippen LogP contribution in [-0.4, -0.2) is 37.7 Å². The smallest absolute Gasteiger partial charge is 0.407 e. The molecule has 6 nitrogen and oxygen atoms in total. The maximum atomic E-state index is 12.0. The van der Waals surface area contributed by atoms with Crippen molar-refractivity contribution < 1.29 is 14.3 Å². The predicted octanol–water partition coefficient (Wildman–Crippen LogP) is 1.98. The number of para-hydroxylation sites is 1. The fourth-order valence-corrected chi connectivity index (χ4v) is 1.65. The van der Waals surface area contributed by atoms with Crippen molar-refractivity contribution in [3.63, 3.8) is 0 Å². The second-order valence-corrected chi connectivity index (χ2v) is 5.48. The van der Waals surface area contributed by atoms with Crippen molar-refractivity contribution in [2.75, 3.05) is 25.5 Å². The molecule has 21 heavy (non-hydrogen) atoms.